The maximum Gasteiger partial charge on any atom is 0.172 e. The molecule has 2 aromatic carbocycles. The minimum absolute atomic E-state index is 0.347. The first-order chi connectivity index (χ1) is 10.2. The third kappa shape index (κ3) is 2.48. The summed E-state index contributed by atoms with van der Waals surface area (Å²) in [5, 5.41) is 8.10. The van der Waals surface area contributed by atoms with E-state index in [0.29, 0.717) is 11.4 Å². The zero-order valence-electron chi connectivity index (χ0n) is 11.9. The van der Waals surface area contributed by atoms with Crippen LogP contribution < -0.4 is 0 Å². The molecule has 3 aromatic rings. The lowest BCUT2D eigenvalue weighted by atomic mass is 10.1. The van der Waals surface area contributed by atoms with Crippen LogP contribution in [0.3, 0.4) is 0 Å². The molecule has 0 saturated carbocycles. The normalized spacial score (nSPS) is 10.6. The number of nitrogens with zero attached hydrogens (tertiary/aromatic N) is 3. The predicted octanol–water partition coefficient (Wildman–Crippen LogP) is 3.36. The van der Waals surface area contributed by atoms with Gasteiger partial charge in [-0.2, -0.15) is 0 Å². The standard InChI is InChI=1S/C17H15N3O/c1-12-3-7-14(8-4-12)17-16(11-21)18-19-20(17)15-9-5-13(2)6-10-15/h3-11H,1-2H3. The summed E-state index contributed by atoms with van der Waals surface area (Å²) in [4.78, 5) is 11.3. The molecule has 0 unspecified atom stereocenters. The second-order valence-corrected chi connectivity index (χ2v) is 5.05. The fourth-order valence-corrected chi connectivity index (χ4v) is 2.22. The summed E-state index contributed by atoms with van der Waals surface area (Å²) in [6, 6.07) is 15.9. The van der Waals surface area contributed by atoms with Crippen molar-refractivity contribution in [2.24, 2.45) is 0 Å². The van der Waals surface area contributed by atoms with Gasteiger partial charge in [0.05, 0.1) is 5.69 Å². The highest BCUT2D eigenvalue weighted by Crippen LogP contribution is 2.24. The molecular formula is C17H15N3O. The van der Waals surface area contributed by atoms with Crippen LogP contribution in [0.2, 0.25) is 0 Å². The summed E-state index contributed by atoms with van der Waals surface area (Å²) >= 11 is 0. The fourth-order valence-electron chi connectivity index (χ4n) is 2.22. The van der Waals surface area contributed by atoms with E-state index in [9.17, 15) is 4.79 Å². The lowest BCUT2D eigenvalue weighted by Gasteiger charge is -2.07. The zero-order chi connectivity index (χ0) is 14.8. The highest BCUT2D eigenvalue weighted by molar-refractivity contribution is 5.84. The summed E-state index contributed by atoms with van der Waals surface area (Å²) in [6.07, 6.45) is 0.743. The molecule has 0 aliphatic rings. The van der Waals surface area contributed by atoms with Crippen LogP contribution in [0.5, 0.6) is 0 Å². The lowest BCUT2D eigenvalue weighted by Crippen LogP contribution is -2.00. The van der Waals surface area contributed by atoms with Gasteiger partial charge < -0.3 is 0 Å². The molecule has 0 bridgehead atoms. The van der Waals surface area contributed by atoms with Crippen LogP contribution in [0, 0.1) is 13.8 Å². The molecule has 0 saturated heterocycles. The molecule has 4 nitrogen and oxygen atoms in total. The number of benzene rings is 2. The van der Waals surface area contributed by atoms with E-state index < -0.39 is 0 Å². The van der Waals surface area contributed by atoms with E-state index in [1.165, 1.54) is 11.1 Å². The number of carbonyl (C=O) groups is 1. The van der Waals surface area contributed by atoms with Gasteiger partial charge in [-0.15, -0.1) is 5.10 Å². The van der Waals surface area contributed by atoms with E-state index in [-0.39, 0.29) is 0 Å². The molecule has 0 radical (unpaired) electrons. The molecule has 0 N–H and O–H groups in total. The third-order valence-electron chi connectivity index (χ3n) is 3.41. The molecule has 3 rings (SSSR count). The molecular weight excluding hydrogens is 262 g/mol. The summed E-state index contributed by atoms with van der Waals surface area (Å²) in [5.74, 6) is 0. The highest BCUT2D eigenvalue weighted by Gasteiger charge is 2.15. The molecule has 0 aliphatic carbocycles. The van der Waals surface area contributed by atoms with Crippen LogP contribution in [0.4, 0.5) is 0 Å². The van der Waals surface area contributed by atoms with Gasteiger partial charge in [0.2, 0.25) is 0 Å². The van der Waals surface area contributed by atoms with Crippen LogP contribution in [-0.4, -0.2) is 21.3 Å². The first-order valence-corrected chi connectivity index (χ1v) is 6.74. The van der Waals surface area contributed by atoms with Crippen molar-refractivity contribution in [3.8, 4) is 16.9 Å². The number of aldehydes is 1. The van der Waals surface area contributed by atoms with Gasteiger partial charge in [-0.25, -0.2) is 4.68 Å². The molecule has 1 aromatic heterocycles. The van der Waals surface area contributed by atoms with Crippen molar-refractivity contribution < 1.29 is 4.79 Å². The largest absolute Gasteiger partial charge is 0.296 e. The minimum Gasteiger partial charge on any atom is -0.296 e. The van der Waals surface area contributed by atoms with Crippen LogP contribution >= 0.6 is 0 Å². The second-order valence-electron chi connectivity index (χ2n) is 5.05. The van der Waals surface area contributed by atoms with Gasteiger partial charge in [0.25, 0.3) is 0 Å². The van der Waals surface area contributed by atoms with Crippen molar-refractivity contribution in [2.45, 2.75) is 13.8 Å². The number of hydrogen-bond donors (Lipinski definition) is 0. The van der Waals surface area contributed by atoms with Gasteiger partial charge in [0.1, 0.15) is 5.69 Å². The smallest absolute Gasteiger partial charge is 0.172 e. The molecule has 0 aliphatic heterocycles. The van der Waals surface area contributed by atoms with Gasteiger partial charge in [0.15, 0.2) is 12.0 Å². The highest BCUT2D eigenvalue weighted by atomic mass is 16.1. The van der Waals surface area contributed by atoms with E-state index in [1.807, 2.05) is 62.4 Å². The fraction of sp³-hybridized carbons (Fsp3) is 0.118. The second kappa shape index (κ2) is 5.32. The van der Waals surface area contributed by atoms with Gasteiger partial charge >= 0.3 is 0 Å². The van der Waals surface area contributed by atoms with Crippen molar-refractivity contribution in [3.63, 3.8) is 0 Å². The van der Waals surface area contributed by atoms with E-state index in [4.69, 9.17) is 0 Å². The first kappa shape index (κ1) is 13.2. The maximum atomic E-state index is 11.3. The summed E-state index contributed by atoms with van der Waals surface area (Å²) in [7, 11) is 0. The van der Waals surface area contributed by atoms with Gasteiger partial charge in [-0.3, -0.25) is 4.79 Å². The molecule has 1 heterocycles. The van der Waals surface area contributed by atoms with Crippen LogP contribution in [0.25, 0.3) is 16.9 Å². The number of carbonyl (C=O) groups excluding carboxylic acids is 1. The average molecular weight is 277 g/mol. The number of aryl methyl sites for hydroxylation is 2. The lowest BCUT2D eigenvalue weighted by molar-refractivity contribution is 0.111. The Labute approximate surface area is 123 Å². The van der Waals surface area contributed by atoms with Crippen molar-refractivity contribution in [1.82, 2.24) is 15.0 Å². The Morgan fingerprint density at radius 2 is 1.48 bits per heavy atom. The Morgan fingerprint density at radius 1 is 0.905 bits per heavy atom. The molecule has 104 valence electrons. The molecule has 0 atom stereocenters. The summed E-state index contributed by atoms with van der Waals surface area (Å²) in [5.41, 5.74) is 5.21. The first-order valence-electron chi connectivity index (χ1n) is 6.74. The van der Waals surface area contributed by atoms with Crippen molar-refractivity contribution in [2.75, 3.05) is 0 Å². The Morgan fingerprint density at radius 3 is 2.05 bits per heavy atom. The minimum atomic E-state index is 0.347. The third-order valence-corrected chi connectivity index (χ3v) is 3.41. The van der Waals surface area contributed by atoms with Crippen molar-refractivity contribution in [1.29, 1.82) is 0 Å². The Balaban J connectivity index is 2.18. The molecule has 0 amide bonds. The van der Waals surface area contributed by atoms with E-state index in [1.54, 1.807) is 4.68 Å². The Bertz CT molecular complexity index is 771. The van der Waals surface area contributed by atoms with Crippen LogP contribution in [0.1, 0.15) is 21.6 Å². The molecule has 21 heavy (non-hydrogen) atoms. The number of aromatic nitrogens is 3. The van der Waals surface area contributed by atoms with Gasteiger partial charge in [-0.05, 0) is 26.0 Å². The Kier molecular flexibility index (Phi) is 3.36. The van der Waals surface area contributed by atoms with Gasteiger partial charge in [-0.1, -0.05) is 52.7 Å². The predicted molar refractivity (Wildman–Crippen MR) is 81.7 cm³/mol. The van der Waals surface area contributed by atoms with Gasteiger partial charge in [0, 0.05) is 5.56 Å². The maximum absolute atomic E-state index is 11.3. The van der Waals surface area contributed by atoms with E-state index in [2.05, 4.69) is 10.3 Å². The number of hydrogen-bond acceptors (Lipinski definition) is 3. The quantitative estimate of drug-likeness (QED) is 0.690. The average Bonchev–Trinajstić information content (AvgIpc) is 2.93. The molecule has 4 heteroatoms. The van der Waals surface area contributed by atoms with Crippen LogP contribution in [-0.2, 0) is 0 Å². The summed E-state index contributed by atoms with van der Waals surface area (Å²) < 4.78 is 1.70. The Hall–Kier alpha value is -2.75. The topological polar surface area (TPSA) is 47.8 Å². The van der Waals surface area contributed by atoms with E-state index in [0.717, 1.165) is 17.5 Å². The monoisotopic (exact) mass is 277 g/mol. The molecule has 0 fully saturated rings. The molecule has 0 spiro atoms. The van der Waals surface area contributed by atoms with Crippen molar-refractivity contribution >= 4 is 6.29 Å². The zero-order valence-corrected chi connectivity index (χ0v) is 11.9. The SMILES string of the molecule is Cc1ccc(-c2c(C=O)nnn2-c2ccc(C)cc2)cc1. The summed E-state index contributed by atoms with van der Waals surface area (Å²) in [6.45, 7) is 4.06. The van der Waals surface area contributed by atoms with E-state index >= 15 is 0 Å². The number of rotatable bonds is 3. The van der Waals surface area contributed by atoms with Crippen molar-refractivity contribution in [3.05, 3.63) is 65.4 Å². The van der Waals surface area contributed by atoms with Crippen LogP contribution in [0.15, 0.2) is 48.5 Å².